The summed E-state index contributed by atoms with van der Waals surface area (Å²) in [7, 11) is 1.82. The molecule has 0 aliphatic rings. The number of anilines is 1. The van der Waals surface area contributed by atoms with Crippen molar-refractivity contribution in [1.29, 1.82) is 0 Å². The number of aromatic nitrogens is 1. The molecule has 0 aliphatic heterocycles. The Hall–Kier alpha value is -2.19. The smallest absolute Gasteiger partial charge is 0.251 e. The van der Waals surface area contributed by atoms with Crippen molar-refractivity contribution in [2.75, 3.05) is 12.4 Å². The molecular formula is C14H18N4O3S. The molecule has 3 N–H and O–H groups in total. The zero-order chi connectivity index (χ0) is 16.3. The van der Waals surface area contributed by atoms with E-state index in [4.69, 9.17) is 10.3 Å². The monoisotopic (exact) mass is 322 g/mol. The molecule has 2 amide bonds. The quantitative estimate of drug-likeness (QED) is 0.841. The van der Waals surface area contributed by atoms with Crippen LogP contribution in [0, 0.1) is 6.92 Å². The van der Waals surface area contributed by atoms with E-state index in [1.165, 1.54) is 11.3 Å². The lowest BCUT2D eigenvalue weighted by molar-refractivity contribution is -0.120. The first-order valence-corrected chi connectivity index (χ1v) is 7.57. The summed E-state index contributed by atoms with van der Waals surface area (Å²) in [5.74, 6) is -0.0477. The van der Waals surface area contributed by atoms with Crippen LogP contribution in [0.2, 0.25) is 0 Å². The molecule has 7 nitrogen and oxygen atoms in total. The van der Waals surface area contributed by atoms with Gasteiger partial charge < -0.3 is 15.6 Å². The standard InChI is InChI=1S/C14H18N4O3S/c1-8-6-10(17-21-8)7-18(3)9(2)13(20)16-14-11(12(15)19)4-5-22-14/h4-6,9H,7H2,1-3H3,(H2,15,19)(H,16,20). The predicted octanol–water partition coefficient (Wildman–Crippen LogP) is 1.60. The minimum atomic E-state index is -0.560. The van der Waals surface area contributed by atoms with Crippen molar-refractivity contribution in [2.24, 2.45) is 5.73 Å². The summed E-state index contributed by atoms with van der Waals surface area (Å²) in [6.07, 6.45) is 0. The number of amides is 2. The van der Waals surface area contributed by atoms with Crippen molar-refractivity contribution in [3.05, 3.63) is 34.5 Å². The molecular weight excluding hydrogens is 304 g/mol. The van der Waals surface area contributed by atoms with Gasteiger partial charge in [-0.2, -0.15) is 0 Å². The lowest BCUT2D eigenvalue weighted by atomic mass is 10.2. The van der Waals surface area contributed by atoms with Crippen molar-refractivity contribution < 1.29 is 14.1 Å². The summed E-state index contributed by atoms with van der Waals surface area (Å²) in [6.45, 7) is 4.08. The average molecular weight is 322 g/mol. The van der Waals surface area contributed by atoms with E-state index in [0.717, 1.165) is 11.5 Å². The van der Waals surface area contributed by atoms with Crippen LogP contribution in [0.25, 0.3) is 0 Å². The first-order chi connectivity index (χ1) is 10.4. The number of aryl methyl sites for hydroxylation is 1. The van der Waals surface area contributed by atoms with Crippen LogP contribution in [0.5, 0.6) is 0 Å². The highest BCUT2D eigenvalue weighted by atomic mass is 32.1. The molecule has 118 valence electrons. The topological polar surface area (TPSA) is 101 Å². The summed E-state index contributed by atoms with van der Waals surface area (Å²) in [4.78, 5) is 25.4. The summed E-state index contributed by atoms with van der Waals surface area (Å²) >= 11 is 1.26. The fourth-order valence-electron chi connectivity index (χ4n) is 1.90. The van der Waals surface area contributed by atoms with Crippen molar-refractivity contribution in [3.63, 3.8) is 0 Å². The molecule has 8 heteroatoms. The van der Waals surface area contributed by atoms with Gasteiger partial charge in [0.15, 0.2) is 0 Å². The van der Waals surface area contributed by atoms with Gasteiger partial charge in [-0.1, -0.05) is 5.16 Å². The van der Waals surface area contributed by atoms with Gasteiger partial charge in [-0.15, -0.1) is 11.3 Å². The molecule has 0 aromatic carbocycles. The largest absolute Gasteiger partial charge is 0.366 e. The van der Waals surface area contributed by atoms with Crippen LogP contribution in [-0.2, 0) is 11.3 Å². The van der Waals surface area contributed by atoms with Crippen LogP contribution >= 0.6 is 11.3 Å². The highest BCUT2D eigenvalue weighted by molar-refractivity contribution is 7.14. The zero-order valence-corrected chi connectivity index (χ0v) is 13.4. The lowest BCUT2D eigenvalue weighted by Gasteiger charge is -2.22. The van der Waals surface area contributed by atoms with Crippen LogP contribution < -0.4 is 11.1 Å². The molecule has 2 rings (SSSR count). The van der Waals surface area contributed by atoms with Crippen LogP contribution in [0.4, 0.5) is 5.00 Å². The number of likely N-dealkylation sites (N-methyl/N-ethyl adjacent to an activating group) is 1. The van der Waals surface area contributed by atoms with Gasteiger partial charge in [0, 0.05) is 12.6 Å². The summed E-state index contributed by atoms with van der Waals surface area (Å²) in [5.41, 5.74) is 6.34. The molecule has 0 aliphatic carbocycles. The minimum absolute atomic E-state index is 0.215. The van der Waals surface area contributed by atoms with Crippen molar-refractivity contribution in [3.8, 4) is 0 Å². The molecule has 1 atom stereocenters. The van der Waals surface area contributed by atoms with Gasteiger partial charge in [0.05, 0.1) is 17.3 Å². The van der Waals surface area contributed by atoms with Gasteiger partial charge in [0.1, 0.15) is 10.8 Å². The maximum absolute atomic E-state index is 12.3. The number of hydrogen-bond donors (Lipinski definition) is 2. The van der Waals surface area contributed by atoms with Crippen molar-refractivity contribution >= 4 is 28.2 Å². The molecule has 1 unspecified atom stereocenters. The predicted molar refractivity (Wildman–Crippen MR) is 83.6 cm³/mol. The van der Waals surface area contributed by atoms with Crippen LogP contribution in [0.15, 0.2) is 22.0 Å². The number of thiophene rings is 1. The number of nitrogens with two attached hydrogens (primary N) is 1. The maximum atomic E-state index is 12.3. The number of nitrogens with zero attached hydrogens (tertiary/aromatic N) is 2. The average Bonchev–Trinajstić information content (AvgIpc) is 3.07. The van der Waals surface area contributed by atoms with E-state index in [1.807, 2.05) is 24.9 Å². The molecule has 0 radical (unpaired) electrons. The van der Waals surface area contributed by atoms with Gasteiger partial charge in [-0.25, -0.2) is 0 Å². The second-order valence-corrected chi connectivity index (χ2v) is 5.95. The van der Waals surface area contributed by atoms with E-state index in [1.54, 1.807) is 18.4 Å². The van der Waals surface area contributed by atoms with Gasteiger partial charge in [-0.05, 0) is 32.3 Å². The number of hydrogen-bond acceptors (Lipinski definition) is 6. The Kier molecular flexibility index (Phi) is 4.94. The lowest BCUT2D eigenvalue weighted by Crippen LogP contribution is -2.39. The summed E-state index contributed by atoms with van der Waals surface area (Å²) < 4.78 is 5.01. The minimum Gasteiger partial charge on any atom is -0.366 e. The Labute approximate surface area is 132 Å². The Morgan fingerprint density at radius 2 is 2.27 bits per heavy atom. The van der Waals surface area contributed by atoms with E-state index in [0.29, 0.717) is 17.1 Å². The summed E-state index contributed by atoms with van der Waals surface area (Å²) in [6, 6.07) is 3.01. The number of nitrogens with one attached hydrogen (secondary N) is 1. The van der Waals surface area contributed by atoms with Gasteiger partial charge >= 0.3 is 0 Å². The number of rotatable bonds is 6. The number of carbonyl (C=O) groups is 2. The normalized spacial score (nSPS) is 12.4. The molecule has 0 spiro atoms. The van der Waals surface area contributed by atoms with Gasteiger partial charge in [-0.3, -0.25) is 14.5 Å². The molecule has 2 aromatic rings. The van der Waals surface area contributed by atoms with Gasteiger partial charge in [0.2, 0.25) is 5.91 Å². The molecule has 0 saturated carbocycles. The molecule has 2 heterocycles. The maximum Gasteiger partial charge on any atom is 0.251 e. The Balaban J connectivity index is 1.99. The molecule has 2 aromatic heterocycles. The fourth-order valence-corrected chi connectivity index (χ4v) is 2.70. The SMILES string of the molecule is Cc1cc(CN(C)C(C)C(=O)Nc2sccc2C(N)=O)no1. The first-order valence-electron chi connectivity index (χ1n) is 6.69. The molecule has 0 saturated heterocycles. The Morgan fingerprint density at radius 3 is 2.86 bits per heavy atom. The molecule has 0 bridgehead atoms. The first kappa shape index (κ1) is 16.2. The van der Waals surface area contributed by atoms with Crippen LogP contribution in [-0.4, -0.2) is 35.0 Å². The number of primary amides is 1. The Bertz CT molecular complexity index is 679. The van der Waals surface area contributed by atoms with E-state index >= 15 is 0 Å². The van der Waals surface area contributed by atoms with Crippen molar-refractivity contribution in [2.45, 2.75) is 26.4 Å². The molecule has 0 fully saturated rings. The third kappa shape index (κ3) is 3.71. The van der Waals surface area contributed by atoms with E-state index in [2.05, 4.69) is 10.5 Å². The highest BCUT2D eigenvalue weighted by Gasteiger charge is 2.21. The fraction of sp³-hybridized carbons (Fsp3) is 0.357. The van der Waals surface area contributed by atoms with E-state index in [9.17, 15) is 9.59 Å². The van der Waals surface area contributed by atoms with E-state index in [-0.39, 0.29) is 5.91 Å². The second-order valence-electron chi connectivity index (χ2n) is 5.04. The van der Waals surface area contributed by atoms with Crippen LogP contribution in [0.1, 0.15) is 28.7 Å². The zero-order valence-electron chi connectivity index (χ0n) is 12.6. The summed E-state index contributed by atoms with van der Waals surface area (Å²) in [5, 5.41) is 8.82. The van der Waals surface area contributed by atoms with Crippen LogP contribution in [0.3, 0.4) is 0 Å². The third-order valence-corrected chi connectivity index (χ3v) is 4.13. The van der Waals surface area contributed by atoms with E-state index < -0.39 is 11.9 Å². The highest BCUT2D eigenvalue weighted by Crippen LogP contribution is 2.23. The van der Waals surface area contributed by atoms with Gasteiger partial charge in [0.25, 0.3) is 5.91 Å². The van der Waals surface area contributed by atoms with Crippen molar-refractivity contribution in [1.82, 2.24) is 10.1 Å². The Morgan fingerprint density at radius 1 is 1.55 bits per heavy atom. The second kappa shape index (κ2) is 6.71. The molecule has 22 heavy (non-hydrogen) atoms. The third-order valence-electron chi connectivity index (χ3n) is 3.30. The number of carbonyl (C=O) groups excluding carboxylic acids is 2.